The van der Waals surface area contributed by atoms with Crippen LogP contribution in [0.3, 0.4) is 0 Å². The minimum absolute atomic E-state index is 0.467. The minimum atomic E-state index is 0.467. The third kappa shape index (κ3) is 1.75. The van der Waals surface area contributed by atoms with Crippen LogP contribution in [0.1, 0.15) is 25.0 Å². The highest BCUT2D eigenvalue weighted by Crippen LogP contribution is 2.21. The van der Waals surface area contributed by atoms with Crippen molar-refractivity contribution in [3.05, 3.63) is 11.9 Å². The molecule has 0 amide bonds. The van der Waals surface area contributed by atoms with Crippen molar-refractivity contribution in [2.45, 2.75) is 32.2 Å². The van der Waals surface area contributed by atoms with Crippen molar-refractivity contribution in [2.24, 2.45) is 5.73 Å². The Labute approximate surface area is 84.5 Å². The first-order chi connectivity index (χ1) is 6.81. The third-order valence-corrected chi connectivity index (χ3v) is 2.86. The van der Waals surface area contributed by atoms with Gasteiger partial charge >= 0.3 is 0 Å². The summed E-state index contributed by atoms with van der Waals surface area (Å²) in [5, 5.41) is 0. The van der Waals surface area contributed by atoms with Crippen molar-refractivity contribution in [3.8, 4) is 0 Å². The number of aromatic nitrogens is 2. The van der Waals surface area contributed by atoms with Crippen LogP contribution < -0.4 is 10.6 Å². The maximum absolute atomic E-state index is 5.75. The summed E-state index contributed by atoms with van der Waals surface area (Å²) in [6.07, 6.45) is 5.60. The quantitative estimate of drug-likeness (QED) is 0.739. The summed E-state index contributed by atoms with van der Waals surface area (Å²) < 4.78 is 0. The van der Waals surface area contributed by atoms with E-state index in [1.165, 1.54) is 19.3 Å². The number of imidazole rings is 1. The lowest BCUT2D eigenvalue weighted by atomic mass is 10.0. The Morgan fingerprint density at radius 2 is 2.50 bits per heavy atom. The number of nitrogens with zero attached hydrogens (tertiary/aromatic N) is 2. The Morgan fingerprint density at radius 1 is 1.64 bits per heavy atom. The van der Waals surface area contributed by atoms with Gasteiger partial charge in [-0.05, 0) is 26.2 Å². The molecule has 0 aromatic carbocycles. The van der Waals surface area contributed by atoms with Gasteiger partial charge in [0, 0.05) is 31.0 Å². The average molecular weight is 194 g/mol. The molecule has 1 aliphatic heterocycles. The van der Waals surface area contributed by atoms with E-state index < -0.39 is 0 Å². The molecule has 0 bridgehead atoms. The predicted octanol–water partition coefficient (Wildman–Crippen LogP) is 1.04. The van der Waals surface area contributed by atoms with Gasteiger partial charge < -0.3 is 15.6 Å². The number of anilines is 1. The summed E-state index contributed by atoms with van der Waals surface area (Å²) in [5.41, 5.74) is 6.87. The molecule has 0 saturated carbocycles. The van der Waals surface area contributed by atoms with E-state index in [0.29, 0.717) is 6.04 Å². The molecule has 78 valence electrons. The number of nitrogens with one attached hydrogen (secondary N) is 1. The largest absolute Gasteiger partial charge is 0.338 e. The van der Waals surface area contributed by atoms with E-state index >= 15 is 0 Å². The Bertz CT molecular complexity index is 294. The third-order valence-electron chi connectivity index (χ3n) is 2.86. The van der Waals surface area contributed by atoms with E-state index in [1.807, 2.05) is 13.1 Å². The van der Waals surface area contributed by atoms with Crippen LogP contribution >= 0.6 is 0 Å². The fourth-order valence-corrected chi connectivity index (χ4v) is 2.07. The van der Waals surface area contributed by atoms with Gasteiger partial charge in [0.15, 0.2) is 0 Å². The summed E-state index contributed by atoms with van der Waals surface area (Å²) in [4.78, 5) is 9.92. The monoisotopic (exact) mass is 194 g/mol. The fourth-order valence-electron chi connectivity index (χ4n) is 2.07. The summed E-state index contributed by atoms with van der Waals surface area (Å²) in [6, 6.07) is 0.467. The molecule has 1 aromatic heterocycles. The predicted molar refractivity (Wildman–Crippen MR) is 57.4 cm³/mol. The number of rotatable bonds is 2. The van der Waals surface area contributed by atoms with Crippen molar-refractivity contribution in [2.75, 3.05) is 18.0 Å². The van der Waals surface area contributed by atoms with Crippen LogP contribution in [0.2, 0.25) is 0 Å². The van der Waals surface area contributed by atoms with Crippen molar-refractivity contribution < 1.29 is 0 Å². The van der Waals surface area contributed by atoms with E-state index in [9.17, 15) is 0 Å². The number of hydrogen-bond donors (Lipinski definition) is 2. The molecule has 3 N–H and O–H groups in total. The fraction of sp³-hybridized carbons (Fsp3) is 0.700. The van der Waals surface area contributed by atoms with Gasteiger partial charge in [-0.1, -0.05) is 0 Å². The lowest BCUT2D eigenvalue weighted by Gasteiger charge is -2.34. The average Bonchev–Trinajstić information content (AvgIpc) is 2.65. The summed E-state index contributed by atoms with van der Waals surface area (Å²) >= 11 is 0. The van der Waals surface area contributed by atoms with Crippen molar-refractivity contribution >= 4 is 5.95 Å². The molecule has 0 spiro atoms. The Hall–Kier alpha value is -1.03. The van der Waals surface area contributed by atoms with Gasteiger partial charge in [0.1, 0.15) is 0 Å². The van der Waals surface area contributed by atoms with Crippen LogP contribution in [0.4, 0.5) is 5.95 Å². The molecular formula is C10H18N4. The smallest absolute Gasteiger partial charge is 0.203 e. The van der Waals surface area contributed by atoms with Crippen LogP contribution in [0.25, 0.3) is 0 Å². The summed E-state index contributed by atoms with van der Waals surface area (Å²) in [6.45, 7) is 3.83. The number of aryl methyl sites for hydroxylation is 1. The van der Waals surface area contributed by atoms with Crippen molar-refractivity contribution in [3.63, 3.8) is 0 Å². The highest BCUT2D eigenvalue weighted by molar-refractivity contribution is 5.33. The van der Waals surface area contributed by atoms with Crippen LogP contribution in [0, 0.1) is 6.92 Å². The molecule has 1 atom stereocenters. The van der Waals surface area contributed by atoms with Gasteiger partial charge in [-0.2, -0.15) is 0 Å². The standard InChI is InChI=1S/C10H18N4/c1-8-7-12-10(13-8)14-5-3-2-4-9(14)6-11/h7,9H,2-6,11H2,1H3,(H,12,13). The first kappa shape index (κ1) is 9.52. The number of hydrogen-bond acceptors (Lipinski definition) is 3. The molecule has 14 heavy (non-hydrogen) atoms. The molecule has 1 fully saturated rings. The number of nitrogens with two attached hydrogens (primary N) is 1. The molecule has 1 saturated heterocycles. The highest BCUT2D eigenvalue weighted by Gasteiger charge is 2.22. The topological polar surface area (TPSA) is 57.9 Å². The number of piperidine rings is 1. The zero-order valence-electron chi connectivity index (χ0n) is 8.66. The van der Waals surface area contributed by atoms with Gasteiger partial charge in [0.25, 0.3) is 0 Å². The van der Waals surface area contributed by atoms with Gasteiger partial charge in [-0.3, -0.25) is 0 Å². The lowest BCUT2D eigenvalue weighted by molar-refractivity contribution is 0.459. The molecule has 1 unspecified atom stereocenters. The van der Waals surface area contributed by atoms with Gasteiger partial charge in [0.2, 0.25) is 5.95 Å². The van der Waals surface area contributed by atoms with Gasteiger partial charge in [0.05, 0.1) is 0 Å². The normalized spacial score (nSPS) is 22.7. The van der Waals surface area contributed by atoms with E-state index in [1.54, 1.807) is 0 Å². The lowest BCUT2D eigenvalue weighted by Crippen LogP contribution is -2.44. The maximum Gasteiger partial charge on any atom is 0.203 e. The SMILES string of the molecule is Cc1cnc(N2CCCCC2CN)[nH]1. The van der Waals surface area contributed by atoms with Crippen molar-refractivity contribution in [1.82, 2.24) is 9.97 Å². The zero-order chi connectivity index (χ0) is 9.97. The minimum Gasteiger partial charge on any atom is -0.338 e. The second-order valence-electron chi connectivity index (χ2n) is 3.97. The second-order valence-corrected chi connectivity index (χ2v) is 3.97. The molecule has 2 heterocycles. The van der Waals surface area contributed by atoms with E-state index in [2.05, 4.69) is 14.9 Å². The van der Waals surface area contributed by atoms with Crippen LogP contribution in [0.15, 0.2) is 6.20 Å². The second kappa shape index (κ2) is 4.00. The Morgan fingerprint density at radius 3 is 3.14 bits per heavy atom. The molecular weight excluding hydrogens is 176 g/mol. The van der Waals surface area contributed by atoms with E-state index in [4.69, 9.17) is 5.73 Å². The molecule has 0 aliphatic carbocycles. The van der Waals surface area contributed by atoms with Crippen LogP contribution in [-0.4, -0.2) is 29.1 Å². The van der Waals surface area contributed by atoms with E-state index in [0.717, 1.165) is 24.7 Å². The molecule has 4 nitrogen and oxygen atoms in total. The molecule has 1 aromatic rings. The maximum atomic E-state index is 5.75. The van der Waals surface area contributed by atoms with Crippen LogP contribution in [0.5, 0.6) is 0 Å². The summed E-state index contributed by atoms with van der Waals surface area (Å²) in [5.74, 6) is 0.984. The van der Waals surface area contributed by atoms with Crippen molar-refractivity contribution in [1.29, 1.82) is 0 Å². The first-order valence-corrected chi connectivity index (χ1v) is 5.29. The zero-order valence-corrected chi connectivity index (χ0v) is 8.66. The van der Waals surface area contributed by atoms with Gasteiger partial charge in [-0.15, -0.1) is 0 Å². The van der Waals surface area contributed by atoms with Crippen LogP contribution in [-0.2, 0) is 0 Å². The first-order valence-electron chi connectivity index (χ1n) is 5.29. The Balaban J connectivity index is 2.14. The Kier molecular flexibility index (Phi) is 2.72. The molecule has 4 heteroatoms. The number of aromatic amines is 1. The van der Waals surface area contributed by atoms with E-state index in [-0.39, 0.29) is 0 Å². The molecule has 0 radical (unpaired) electrons. The number of H-pyrrole nitrogens is 1. The highest BCUT2D eigenvalue weighted by atomic mass is 15.3. The molecule has 1 aliphatic rings. The molecule has 2 rings (SSSR count). The van der Waals surface area contributed by atoms with Gasteiger partial charge in [-0.25, -0.2) is 4.98 Å². The summed E-state index contributed by atoms with van der Waals surface area (Å²) in [7, 11) is 0.